The standard InChI is InChI=1S/C28H20F2N4O2/c29-17-6-8-18(23(30)10-17)16-5-7-19-20(9-16)26-21-11-24(33-13-22(21)25(19)36-26)28(35)34-12-14-1-3-15(4-2-14)27(31)32/h1-11,13,25-26H,12H2,(H3,31,32)(H,34,35). The lowest BCUT2D eigenvalue weighted by Gasteiger charge is -2.17. The maximum absolute atomic E-state index is 14.4. The van der Waals surface area contributed by atoms with Crippen molar-refractivity contribution in [2.24, 2.45) is 5.73 Å². The second kappa shape index (κ2) is 8.35. The van der Waals surface area contributed by atoms with Crippen molar-refractivity contribution in [2.45, 2.75) is 18.8 Å². The molecule has 36 heavy (non-hydrogen) atoms. The molecular formula is C28H20F2N4O2. The Morgan fingerprint density at radius 3 is 2.44 bits per heavy atom. The fourth-order valence-electron chi connectivity index (χ4n) is 4.82. The van der Waals surface area contributed by atoms with Gasteiger partial charge in [-0.3, -0.25) is 15.2 Å². The van der Waals surface area contributed by atoms with Gasteiger partial charge >= 0.3 is 0 Å². The molecule has 1 aromatic heterocycles. The maximum atomic E-state index is 14.4. The van der Waals surface area contributed by atoms with E-state index in [1.165, 1.54) is 12.1 Å². The van der Waals surface area contributed by atoms with Crippen LogP contribution in [-0.2, 0) is 11.3 Å². The highest BCUT2D eigenvalue weighted by atomic mass is 19.1. The Kier molecular flexibility index (Phi) is 5.12. The van der Waals surface area contributed by atoms with Crippen LogP contribution in [0.4, 0.5) is 8.78 Å². The van der Waals surface area contributed by atoms with Crippen molar-refractivity contribution in [1.82, 2.24) is 10.3 Å². The second-order valence-electron chi connectivity index (χ2n) is 8.86. The molecule has 1 amide bonds. The fourth-order valence-corrected chi connectivity index (χ4v) is 4.82. The molecule has 4 aromatic rings. The number of hydrogen-bond donors (Lipinski definition) is 3. The summed E-state index contributed by atoms with van der Waals surface area (Å²) in [6, 6.07) is 17.9. The van der Waals surface area contributed by atoms with E-state index in [0.29, 0.717) is 23.2 Å². The van der Waals surface area contributed by atoms with Crippen LogP contribution < -0.4 is 11.1 Å². The van der Waals surface area contributed by atoms with E-state index < -0.39 is 17.7 Å². The van der Waals surface area contributed by atoms with E-state index in [2.05, 4.69) is 10.3 Å². The SMILES string of the molecule is N=C(N)c1ccc(CNC(=O)c2cc3c(cn2)C2OC3c3cc(-c4ccc(F)cc4F)ccc32)cc1. The summed E-state index contributed by atoms with van der Waals surface area (Å²) < 4.78 is 33.9. The first-order chi connectivity index (χ1) is 17.4. The lowest BCUT2D eigenvalue weighted by Crippen LogP contribution is -2.24. The van der Waals surface area contributed by atoms with Crippen molar-refractivity contribution in [1.29, 1.82) is 5.41 Å². The molecule has 6 nitrogen and oxygen atoms in total. The number of nitrogens with zero attached hydrogens (tertiary/aromatic N) is 1. The Balaban J connectivity index is 1.23. The molecule has 0 saturated heterocycles. The summed E-state index contributed by atoms with van der Waals surface area (Å²) in [4.78, 5) is 17.2. The molecule has 2 unspecified atom stereocenters. The minimum atomic E-state index is -0.626. The van der Waals surface area contributed by atoms with Gasteiger partial charge in [0.2, 0.25) is 0 Å². The molecule has 3 aromatic carbocycles. The highest BCUT2D eigenvalue weighted by Gasteiger charge is 2.43. The van der Waals surface area contributed by atoms with Gasteiger partial charge in [-0.15, -0.1) is 0 Å². The molecule has 0 saturated carbocycles. The molecule has 0 radical (unpaired) electrons. The number of pyridine rings is 1. The summed E-state index contributed by atoms with van der Waals surface area (Å²) in [6.07, 6.45) is 0.987. The average molecular weight is 482 g/mol. The van der Waals surface area contributed by atoms with Crippen molar-refractivity contribution in [3.8, 4) is 11.1 Å². The largest absolute Gasteiger partial charge is 0.384 e. The summed E-state index contributed by atoms with van der Waals surface area (Å²) in [6.45, 7) is 0.299. The Morgan fingerprint density at radius 2 is 1.69 bits per heavy atom. The van der Waals surface area contributed by atoms with Gasteiger partial charge in [-0.05, 0) is 52.1 Å². The van der Waals surface area contributed by atoms with Crippen LogP contribution in [-0.4, -0.2) is 16.7 Å². The number of rotatable bonds is 5. The van der Waals surface area contributed by atoms with Crippen molar-refractivity contribution in [2.75, 3.05) is 0 Å². The number of aromatic nitrogens is 1. The van der Waals surface area contributed by atoms with E-state index in [0.717, 1.165) is 33.9 Å². The summed E-state index contributed by atoms with van der Waals surface area (Å²) in [5, 5.41) is 10.3. The van der Waals surface area contributed by atoms with Crippen LogP contribution in [0.3, 0.4) is 0 Å². The van der Waals surface area contributed by atoms with E-state index in [1.807, 2.05) is 12.1 Å². The van der Waals surface area contributed by atoms with E-state index in [-0.39, 0.29) is 23.5 Å². The highest BCUT2D eigenvalue weighted by Crippen LogP contribution is 2.54. The van der Waals surface area contributed by atoms with Gasteiger partial charge < -0.3 is 15.8 Å². The summed E-state index contributed by atoms with van der Waals surface area (Å²) in [5.41, 5.74) is 11.8. The molecule has 6 rings (SSSR count). The third-order valence-corrected chi connectivity index (χ3v) is 6.65. The molecule has 8 heteroatoms. The number of nitrogens with two attached hydrogens (primary N) is 1. The van der Waals surface area contributed by atoms with Gasteiger partial charge in [-0.2, -0.15) is 0 Å². The van der Waals surface area contributed by atoms with Crippen molar-refractivity contribution < 1.29 is 18.3 Å². The summed E-state index contributed by atoms with van der Waals surface area (Å²) in [7, 11) is 0. The second-order valence-corrected chi connectivity index (χ2v) is 8.86. The summed E-state index contributed by atoms with van der Waals surface area (Å²) in [5.74, 6) is -1.59. The number of amides is 1. The number of carbonyl (C=O) groups is 1. The molecule has 0 aliphatic carbocycles. The number of benzene rings is 3. The Labute approximate surface area is 205 Å². The van der Waals surface area contributed by atoms with Crippen molar-refractivity contribution in [3.05, 3.63) is 124 Å². The van der Waals surface area contributed by atoms with Crippen LogP contribution in [0.15, 0.2) is 72.9 Å². The van der Waals surface area contributed by atoms with Gasteiger partial charge in [0.05, 0.1) is 0 Å². The molecule has 2 aliphatic rings. The number of hydrogen-bond acceptors (Lipinski definition) is 4. The molecule has 4 N–H and O–H groups in total. The lowest BCUT2D eigenvalue weighted by atomic mass is 9.85. The number of halogens is 2. The van der Waals surface area contributed by atoms with Gasteiger partial charge in [0.25, 0.3) is 5.91 Å². The topological polar surface area (TPSA) is 101 Å². The zero-order valence-electron chi connectivity index (χ0n) is 18.9. The zero-order chi connectivity index (χ0) is 25.0. The highest BCUT2D eigenvalue weighted by molar-refractivity contribution is 5.95. The van der Waals surface area contributed by atoms with E-state index in [9.17, 15) is 13.6 Å². The van der Waals surface area contributed by atoms with Crippen LogP contribution in [0.5, 0.6) is 0 Å². The predicted molar refractivity (Wildman–Crippen MR) is 129 cm³/mol. The molecular weight excluding hydrogens is 462 g/mol. The minimum absolute atomic E-state index is 0.0130. The third-order valence-electron chi connectivity index (χ3n) is 6.65. The van der Waals surface area contributed by atoms with Gasteiger partial charge in [0.15, 0.2) is 0 Å². The Hall–Kier alpha value is -4.43. The van der Waals surface area contributed by atoms with Gasteiger partial charge in [-0.25, -0.2) is 8.78 Å². The molecule has 2 aliphatic heterocycles. The average Bonchev–Trinajstić information content (AvgIpc) is 3.44. The van der Waals surface area contributed by atoms with Gasteiger partial charge in [-0.1, -0.05) is 36.4 Å². The van der Waals surface area contributed by atoms with E-state index in [1.54, 1.807) is 42.6 Å². The van der Waals surface area contributed by atoms with Crippen molar-refractivity contribution >= 4 is 11.7 Å². The summed E-state index contributed by atoms with van der Waals surface area (Å²) >= 11 is 0. The van der Waals surface area contributed by atoms with Crippen LogP contribution in [0.25, 0.3) is 11.1 Å². The first-order valence-corrected chi connectivity index (χ1v) is 11.3. The van der Waals surface area contributed by atoms with Crippen molar-refractivity contribution in [3.63, 3.8) is 0 Å². The molecule has 3 heterocycles. The number of nitrogens with one attached hydrogen (secondary N) is 2. The first kappa shape index (κ1) is 22.1. The Bertz CT molecular complexity index is 1550. The number of nitrogen functional groups attached to an aromatic ring is 1. The van der Waals surface area contributed by atoms with Gasteiger partial charge in [0.1, 0.15) is 35.4 Å². The van der Waals surface area contributed by atoms with Crippen LogP contribution >= 0.6 is 0 Å². The Morgan fingerprint density at radius 1 is 0.944 bits per heavy atom. The lowest BCUT2D eigenvalue weighted by molar-refractivity contribution is 0.0857. The monoisotopic (exact) mass is 482 g/mol. The quantitative estimate of drug-likeness (QED) is 0.282. The van der Waals surface area contributed by atoms with Crippen LogP contribution in [0.2, 0.25) is 0 Å². The minimum Gasteiger partial charge on any atom is -0.384 e. The number of ether oxygens (including phenoxy) is 1. The molecule has 178 valence electrons. The fraction of sp³-hybridized carbons (Fsp3) is 0.107. The number of amidine groups is 1. The molecule has 2 atom stereocenters. The number of carbonyl (C=O) groups excluding carboxylic acids is 1. The third kappa shape index (κ3) is 3.63. The van der Waals surface area contributed by atoms with Crippen LogP contribution in [0.1, 0.15) is 56.1 Å². The molecule has 0 fully saturated rings. The molecule has 0 spiro atoms. The number of fused-ring (bicyclic) bond motifs is 8. The van der Waals surface area contributed by atoms with E-state index >= 15 is 0 Å². The smallest absolute Gasteiger partial charge is 0.270 e. The van der Waals surface area contributed by atoms with E-state index in [4.69, 9.17) is 15.9 Å². The maximum Gasteiger partial charge on any atom is 0.270 e. The predicted octanol–water partition coefficient (Wildman–Crippen LogP) is 4.76. The molecule has 2 bridgehead atoms. The zero-order valence-corrected chi connectivity index (χ0v) is 18.9. The normalized spacial score (nSPS) is 16.9. The van der Waals surface area contributed by atoms with Gasteiger partial charge in [0, 0.05) is 35.5 Å². The van der Waals surface area contributed by atoms with Crippen LogP contribution in [0, 0.1) is 17.0 Å². The first-order valence-electron chi connectivity index (χ1n) is 11.3.